The van der Waals surface area contributed by atoms with Crippen molar-refractivity contribution in [1.82, 2.24) is 20.1 Å². The van der Waals surface area contributed by atoms with Gasteiger partial charge in [-0.1, -0.05) is 16.8 Å². The average molecular weight is 432 g/mol. The van der Waals surface area contributed by atoms with Gasteiger partial charge in [0, 0.05) is 16.2 Å². The first-order chi connectivity index (χ1) is 13.1. The summed E-state index contributed by atoms with van der Waals surface area (Å²) in [7, 11) is -3.07. The van der Waals surface area contributed by atoms with Gasteiger partial charge in [0.25, 0.3) is 0 Å². The zero-order valence-corrected chi connectivity index (χ0v) is 15.4. The molecule has 0 N–H and O–H groups in total. The van der Waals surface area contributed by atoms with Gasteiger partial charge in [-0.05, 0) is 24.3 Å². The Kier molecular flexibility index (Phi) is 5.17. The van der Waals surface area contributed by atoms with Gasteiger partial charge in [-0.15, -0.1) is 0 Å². The normalized spacial score (nSPS) is 13.8. The van der Waals surface area contributed by atoms with Crippen LogP contribution in [0.25, 0.3) is 11.5 Å². The van der Waals surface area contributed by atoms with Crippen LogP contribution >= 0.6 is 11.6 Å². The van der Waals surface area contributed by atoms with Crippen molar-refractivity contribution in [3.63, 3.8) is 0 Å². The average Bonchev–Trinajstić information content (AvgIpc) is 3.12. The van der Waals surface area contributed by atoms with Gasteiger partial charge in [0.05, 0.1) is 22.1 Å². The number of carbonyl (C=O) groups is 1. The summed E-state index contributed by atoms with van der Waals surface area (Å²) >= 11 is 5.77. The number of nitrogens with zero attached hydrogens (tertiary/aromatic N) is 5. The molecule has 146 valence electrons. The zero-order chi connectivity index (χ0) is 20.5. The minimum absolute atomic E-state index is 0.147. The van der Waals surface area contributed by atoms with Crippen molar-refractivity contribution in [2.24, 2.45) is 4.36 Å². The molecule has 2 aromatic heterocycles. The number of amides is 1. The van der Waals surface area contributed by atoms with E-state index >= 15 is 0 Å². The van der Waals surface area contributed by atoms with Crippen LogP contribution in [0.4, 0.5) is 13.2 Å². The molecule has 0 fully saturated rings. The highest BCUT2D eigenvalue weighted by Crippen LogP contribution is 2.28. The molecule has 0 saturated heterocycles. The predicted molar refractivity (Wildman–Crippen MR) is 90.9 cm³/mol. The van der Waals surface area contributed by atoms with Crippen LogP contribution in [0.3, 0.4) is 0 Å². The van der Waals surface area contributed by atoms with Crippen molar-refractivity contribution < 1.29 is 26.7 Å². The number of hydrogen-bond donors (Lipinski definition) is 0. The predicted octanol–water partition coefficient (Wildman–Crippen LogP) is 3.50. The van der Waals surface area contributed by atoms with Crippen LogP contribution in [-0.4, -0.2) is 36.5 Å². The highest BCUT2D eigenvalue weighted by molar-refractivity contribution is 7.93. The fraction of sp³-hybridized carbons (Fsp3) is 0.133. The first-order valence-electron chi connectivity index (χ1n) is 7.32. The van der Waals surface area contributed by atoms with Gasteiger partial charge in [-0.3, -0.25) is 4.79 Å². The molecule has 3 aromatic rings. The van der Waals surface area contributed by atoms with Crippen molar-refractivity contribution >= 4 is 27.2 Å². The van der Waals surface area contributed by atoms with Crippen LogP contribution < -0.4 is 0 Å². The number of aromatic nitrogens is 4. The van der Waals surface area contributed by atoms with Crippen molar-refractivity contribution in [2.75, 3.05) is 6.26 Å². The van der Waals surface area contributed by atoms with E-state index in [-0.39, 0.29) is 11.4 Å². The molecule has 3 rings (SSSR count). The topological polar surface area (TPSA) is 111 Å². The van der Waals surface area contributed by atoms with Crippen molar-refractivity contribution in [1.29, 1.82) is 0 Å². The SMILES string of the molecule is CS(=O)(=NC(=O)c1cnc(-c2noc(C(F)(F)F)n2)cn1)c1ccc(Cl)cc1. The minimum atomic E-state index is -4.80. The van der Waals surface area contributed by atoms with E-state index < -0.39 is 33.5 Å². The summed E-state index contributed by atoms with van der Waals surface area (Å²) in [6, 6.07) is 5.97. The molecular formula is C15H9ClF3N5O3S. The van der Waals surface area contributed by atoms with Gasteiger partial charge in [0.1, 0.15) is 11.4 Å². The van der Waals surface area contributed by atoms with Crippen molar-refractivity contribution in [2.45, 2.75) is 11.1 Å². The number of carbonyl (C=O) groups excluding carboxylic acids is 1. The zero-order valence-electron chi connectivity index (χ0n) is 13.8. The van der Waals surface area contributed by atoms with Gasteiger partial charge in [-0.25, -0.2) is 14.2 Å². The molecule has 28 heavy (non-hydrogen) atoms. The highest BCUT2D eigenvalue weighted by atomic mass is 35.5. The second-order valence-corrected chi connectivity index (χ2v) is 8.06. The monoisotopic (exact) mass is 431 g/mol. The molecule has 2 heterocycles. The van der Waals surface area contributed by atoms with Gasteiger partial charge < -0.3 is 4.52 Å². The molecule has 0 aliphatic carbocycles. The summed E-state index contributed by atoms with van der Waals surface area (Å²) in [5.41, 5.74) is -0.405. The van der Waals surface area contributed by atoms with E-state index in [0.717, 1.165) is 12.4 Å². The summed E-state index contributed by atoms with van der Waals surface area (Å²) in [5, 5.41) is 3.59. The molecule has 0 aliphatic rings. The second kappa shape index (κ2) is 7.28. The van der Waals surface area contributed by atoms with Gasteiger partial charge in [0.15, 0.2) is 0 Å². The summed E-state index contributed by atoms with van der Waals surface area (Å²) in [5.74, 6) is -2.89. The Morgan fingerprint density at radius 2 is 1.86 bits per heavy atom. The number of hydrogen-bond acceptors (Lipinski definition) is 7. The maximum absolute atomic E-state index is 12.7. The van der Waals surface area contributed by atoms with Gasteiger partial charge >= 0.3 is 18.0 Å². The lowest BCUT2D eigenvalue weighted by molar-refractivity contribution is -0.159. The Morgan fingerprint density at radius 3 is 2.39 bits per heavy atom. The molecule has 0 radical (unpaired) electrons. The highest BCUT2D eigenvalue weighted by Gasteiger charge is 2.38. The third-order valence-electron chi connectivity index (χ3n) is 3.28. The van der Waals surface area contributed by atoms with E-state index in [9.17, 15) is 22.2 Å². The molecule has 1 unspecified atom stereocenters. The molecule has 0 bridgehead atoms. The van der Waals surface area contributed by atoms with Crippen LogP contribution in [-0.2, 0) is 15.9 Å². The van der Waals surface area contributed by atoms with Crippen molar-refractivity contribution in [3.8, 4) is 11.5 Å². The summed E-state index contributed by atoms with van der Waals surface area (Å²) in [6.45, 7) is 0. The number of halogens is 4. The molecule has 1 atom stereocenters. The molecular weight excluding hydrogens is 423 g/mol. The first kappa shape index (κ1) is 19.9. The lowest BCUT2D eigenvalue weighted by atomic mass is 10.4. The van der Waals surface area contributed by atoms with Gasteiger partial charge in [0.2, 0.25) is 5.82 Å². The molecule has 8 nitrogen and oxygen atoms in total. The Bertz CT molecular complexity index is 1140. The molecule has 0 saturated carbocycles. The van der Waals surface area contributed by atoms with Crippen LogP contribution in [0.5, 0.6) is 0 Å². The van der Waals surface area contributed by atoms with Crippen molar-refractivity contribution in [3.05, 3.63) is 53.3 Å². The Balaban J connectivity index is 1.85. The van der Waals surface area contributed by atoms with Crippen LogP contribution in [0.15, 0.2) is 50.4 Å². The lowest BCUT2D eigenvalue weighted by Gasteiger charge is -2.04. The van der Waals surface area contributed by atoms with E-state index in [2.05, 4.69) is 29.0 Å². The van der Waals surface area contributed by atoms with Crippen LogP contribution in [0.2, 0.25) is 5.02 Å². The van der Waals surface area contributed by atoms with Gasteiger partial charge in [-0.2, -0.15) is 22.5 Å². The molecule has 13 heteroatoms. The standard InChI is InChI=1S/C15H9ClF3N5O3S/c1-28(26,9-4-2-8(16)3-5-9)24-13(25)11-7-20-10(6-21-11)12-22-14(27-23-12)15(17,18)19/h2-7H,1H3. The maximum Gasteiger partial charge on any atom is 0.471 e. The molecule has 1 amide bonds. The third-order valence-corrected chi connectivity index (χ3v) is 5.19. The van der Waals surface area contributed by atoms with E-state index in [4.69, 9.17) is 11.6 Å². The lowest BCUT2D eigenvalue weighted by Crippen LogP contribution is -2.06. The molecule has 0 spiro atoms. The van der Waals surface area contributed by atoms with E-state index in [1.807, 2.05) is 0 Å². The fourth-order valence-electron chi connectivity index (χ4n) is 1.94. The second-order valence-electron chi connectivity index (χ2n) is 5.36. The minimum Gasteiger partial charge on any atom is -0.329 e. The van der Waals surface area contributed by atoms with E-state index in [1.54, 1.807) is 0 Å². The Morgan fingerprint density at radius 1 is 1.18 bits per heavy atom. The van der Waals surface area contributed by atoms with Crippen LogP contribution in [0.1, 0.15) is 16.4 Å². The number of alkyl halides is 3. The molecule has 1 aromatic carbocycles. The summed E-state index contributed by atoms with van der Waals surface area (Å²) in [6.07, 6.45) is -1.58. The maximum atomic E-state index is 12.7. The summed E-state index contributed by atoms with van der Waals surface area (Å²) < 4.78 is 57.9. The van der Waals surface area contributed by atoms with E-state index in [0.29, 0.717) is 9.92 Å². The third kappa shape index (κ3) is 4.34. The largest absolute Gasteiger partial charge is 0.471 e. The molecule has 0 aliphatic heterocycles. The fourth-order valence-corrected chi connectivity index (χ4v) is 3.22. The first-order valence-corrected chi connectivity index (χ1v) is 9.62. The van der Waals surface area contributed by atoms with Crippen LogP contribution in [0, 0.1) is 0 Å². The van der Waals surface area contributed by atoms with E-state index in [1.165, 1.54) is 30.5 Å². The summed E-state index contributed by atoms with van der Waals surface area (Å²) in [4.78, 5) is 23.2. The smallest absolute Gasteiger partial charge is 0.329 e. The Labute approximate surface area is 161 Å². The number of benzene rings is 1. The quantitative estimate of drug-likeness (QED) is 0.623. The number of rotatable bonds is 3. The Hall–Kier alpha value is -2.86.